The maximum Gasteiger partial charge on any atom is 0.253 e. The molecule has 4 heterocycles. The van der Waals surface area contributed by atoms with Crippen LogP contribution in [0.5, 0.6) is 0 Å². The van der Waals surface area contributed by atoms with Gasteiger partial charge < -0.3 is 4.90 Å². The number of hydrogen-bond donors (Lipinski definition) is 0. The molecule has 0 aliphatic carbocycles. The minimum Gasteiger partial charge on any atom is -0.310 e. The zero-order valence-electron chi connectivity index (χ0n) is 18.7. The van der Waals surface area contributed by atoms with Crippen LogP contribution in [-0.4, -0.2) is 41.8 Å². The Labute approximate surface area is 187 Å². The van der Waals surface area contributed by atoms with Gasteiger partial charge in [0.25, 0.3) is 5.91 Å². The Kier molecular flexibility index (Phi) is 4.01. The van der Waals surface area contributed by atoms with Crippen molar-refractivity contribution >= 4 is 29.1 Å². The third-order valence-electron chi connectivity index (χ3n) is 7.93. The van der Waals surface area contributed by atoms with E-state index < -0.39 is 17.4 Å². The summed E-state index contributed by atoms with van der Waals surface area (Å²) in [5.74, 6) is -1.62. The molecule has 6 heteroatoms. The van der Waals surface area contributed by atoms with E-state index in [1.54, 1.807) is 4.90 Å². The van der Waals surface area contributed by atoms with Crippen LogP contribution in [0.25, 0.3) is 0 Å². The lowest BCUT2D eigenvalue weighted by atomic mass is 9.75. The molecule has 1 spiro atoms. The van der Waals surface area contributed by atoms with Crippen LogP contribution >= 0.6 is 0 Å². The highest BCUT2D eigenvalue weighted by Gasteiger charge is 2.75. The summed E-state index contributed by atoms with van der Waals surface area (Å²) in [5, 5.41) is 0. The van der Waals surface area contributed by atoms with E-state index >= 15 is 0 Å². The molecular formula is C26H27N3O3. The smallest absolute Gasteiger partial charge is 0.253 e. The molecule has 2 aromatic rings. The van der Waals surface area contributed by atoms with E-state index in [1.165, 1.54) is 4.90 Å². The second-order valence-electron chi connectivity index (χ2n) is 9.60. The number of benzene rings is 2. The number of anilines is 2. The molecule has 4 aliphatic rings. The lowest BCUT2D eigenvalue weighted by Gasteiger charge is -2.37. The molecule has 2 aromatic carbocycles. The molecule has 3 fully saturated rings. The maximum atomic E-state index is 14.1. The summed E-state index contributed by atoms with van der Waals surface area (Å²) in [5.41, 5.74) is 3.31. The molecule has 4 aliphatic heterocycles. The van der Waals surface area contributed by atoms with Crippen molar-refractivity contribution in [1.82, 2.24) is 4.90 Å². The first-order valence-corrected chi connectivity index (χ1v) is 11.6. The number of amides is 3. The normalized spacial score (nSPS) is 31.1. The van der Waals surface area contributed by atoms with Crippen molar-refractivity contribution in [3.63, 3.8) is 0 Å². The molecule has 3 saturated heterocycles. The highest BCUT2D eigenvalue weighted by atomic mass is 16.2. The van der Waals surface area contributed by atoms with Crippen molar-refractivity contribution in [3.05, 3.63) is 59.2 Å². The fourth-order valence-electron chi connectivity index (χ4n) is 6.99. The third kappa shape index (κ3) is 2.16. The number of aryl methyl sites for hydroxylation is 2. The molecule has 0 N–H and O–H groups in total. The molecule has 6 rings (SSSR count). The van der Waals surface area contributed by atoms with Gasteiger partial charge in [-0.05, 0) is 69.5 Å². The predicted molar refractivity (Wildman–Crippen MR) is 121 cm³/mol. The van der Waals surface area contributed by atoms with Crippen molar-refractivity contribution in [2.24, 2.45) is 11.8 Å². The van der Waals surface area contributed by atoms with Crippen LogP contribution in [0, 0.1) is 25.7 Å². The number of carbonyl (C=O) groups excluding carboxylic acids is 3. The molecule has 4 atom stereocenters. The minimum atomic E-state index is -1.08. The first-order chi connectivity index (χ1) is 15.4. The summed E-state index contributed by atoms with van der Waals surface area (Å²) >= 11 is 0. The average Bonchev–Trinajstić information content (AvgIpc) is 3.45. The number of fused-ring (bicyclic) bond motifs is 7. The first kappa shape index (κ1) is 19.7. The van der Waals surface area contributed by atoms with Gasteiger partial charge >= 0.3 is 0 Å². The first-order valence-electron chi connectivity index (χ1n) is 11.6. The fourth-order valence-corrected chi connectivity index (χ4v) is 6.99. The molecular weight excluding hydrogens is 402 g/mol. The zero-order chi connectivity index (χ0) is 22.4. The zero-order valence-corrected chi connectivity index (χ0v) is 18.7. The summed E-state index contributed by atoms with van der Waals surface area (Å²) < 4.78 is 0. The predicted octanol–water partition coefficient (Wildman–Crippen LogP) is 3.15. The maximum absolute atomic E-state index is 14.1. The van der Waals surface area contributed by atoms with Gasteiger partial charge in [0.05, 0.1) is 17.5 Å². The SMILES string of the molecule is CCN1C(=O)C2(c3ccccc31)C1C(=O)N(c3cc(C)cc(C)c3)C(=O)C1C1CCCN12. The van der Waals surface area contributed by atoms with Gasteiger partial charge in [0, 0.05) is 23.8 Å². The lowest BCUT2D eigenvalue weighted by Crippen LogP contribution is -2.56. The van der Waals surface area contributed by atoms with E-state index in [0.29, 0.717) is 12.2 Å². The summed E-state index contributed by atoms with van der Waals surface area (Å²) in [6.07, 6.45) is 1.77. The van der Waals surface area contributed by atoms with E-state index in [1.807, 2.05) is 63.2 Å². The summed E-state index contributed by atoms with van der Waals surface area (Å²) in [6, 6.07) is 13.6. The molecule has 32 heavy (non-hydrogen) atoms. The number of para-hydroxylation sites is 1. The van der Waals surface area contributed by atoms with Gasteiger partial charge in [-0.2, -0.15) is 0 Å². The van der Waals surface area contributed by atoms with E-state index in [0.717, 1.165) is 41.8 Å². The van der Waals surface area contributed by atoms with Crippen molar-refractivity contribution in [2.45, 2.75) is 45.2 Å². The monoisotopic (exact) mass is 429 g/mol. The van der Waals surface area contributed by atoms with E-state index in [4.69, 9.17) is 0 Å². The second-order valence-corrected chi connectivity index (χ2v) is 9.60. The Morgan fingerprint density at radius 1 is 1.00 bits per heavy atom. The van der Waals surface area contributed by atoms with Gasteiger partial charge in [-0.25, -0.2) is 4.90 Å². The quantitative estimate of drug-likeness (QED) is 0.688. The molecule has 0 radical (unpaired) electrons. The second kappa shape index (κ2) is 6.51. The summed E-state index contributed by atoms with van der Waals surface area (Å²) in [7, 11) is 0. The Balaban J connectivity index is 1.57. The van der Waals surface area contributed by atoms with Crippen LogP contribution in [0.4, 0.5) is 11.4 Å². The van der Waals surface area contributed by atoms with Gasteiger partial charge in [-0.3, -0.25) is 19.3 Å². The van der Waals surface area contributed by atoms with E-state index in [9.17, 15) is 14.4 Å². The van der Waals surface area contributed by atoms with Crippen molar-refractivity contribution in [1.29, 1.82) is 0 Å². The Morgan fingerprint density at radius 2 is 1.72 bits per heavy atom. The van der Waals surface area contributed by atoms with Crippen LogP contribution in [0.15, 0.2) is 42.5 Å². The molecule has 0 saturated carbocycles. The van der Waals surface area contributed by atoms with Gasteiger partial charge in [0.1, 0.15) is 5.54 Å². The van der Waals surface area contributed by atoms with Crippen LogP contribution in [0.3, 0.4) is 0 Å². The number of hydrogen-bond acceptors (Lipinski definition) is 4. The number of rotatable bonds is 2. The third-order valence-corrected chi connectivity index (χ3v) is 7.93. The molecule has 0 bridgehead atoms. The minimum absolute atomic E-state index is 0.0518. The van der Waals surface area contributed by atoms with Crippen molar-refractivity contribution in [2.75, 3.05) is 22.9 Å². The number of likely N-dealkylation sites (N-methyl/N-ethyl adjacent to an activating group) is 1. The van der Waals surface area contributed by atoms with Gasteiger partial charge in [-0.15, -0.1) is 0 Å². The topological polar surface area (TPSA) is 60.9 Å². The fraction of sp³-hybridized carbons (Fsp3) is 0.423. The standard InChI is InChI=1S/C26H27N3O3/c1-4-27-19-9-6-5-8-18(19)26(25(27)32)22-21(20-10-7-11-28(20)26)23(30)29(24(22)31)17-13-15(2)12-16(3)14-17/h5-6,8-9,12-14,20-22H,4,7,10-11H2,1-3H3. The average molecular weight is 430 g/mol. The van der Waals surface area contributed by atoms with Crippen LogP contribution in [-0.2, 0) is 19.9 Å². The largest absolute Gasteiger partial charge is 0.310 e. The number of carbonyl (C=O) groups is 3. The summed E-state index contributed by atoms with van der Waals surface area (Å²) in [4.78, 5) is 47.4. The number of imide groups is 1. The highest BCUT2D eigenvalue weighted by molar-refractivity contribution is 6.26. The van der Waals surface area contributed by atoms with Crippen LogP contribution in [0.1, 0.15) is 36.5 Å². The lowest BCUT2D eigenvalue weighted by molar-refractivity contribution is -0.137. The number of nitrogens with zero attached hydrogens (tertiary/aromatic N) is 3. The van der Waals surface area contributed by atoms with Crippen LogP contribution < -0.4 is 9.80 Å². The van der Waals surface area contributed by atoms with Gasteiger partial charge in [-0.1, -0.05) is 24.3 Å². The van der Waals surface area contributed by atoms with Gasteiger partial charge in [0.15, 0.2) is 0 Å². The van der Waals surface area contributed by atoms with E-state index in [2.05, 4.69) is 4.90 Å². The molecule has 4 unspecified atom stereocenters. The Bertz CT molecular complexity index is 1170. The van der Waals surface area contributed by atoms with Crippen LogP contribution in [0.2, 0.25) is 0 Å². The Hall–Kier alpha value is -2.99. The molecule has 164 valence electrons. The highest BCUT2D eigenvalue weighted by Crippen LogP contribution is 2.61. The molecule has 3 amide bonds. The molecule has 0 aromatic heterocycles. The van der Waals surface area contributed by atoms with Crippen molar-refractivity contribution in [3.8, 4) is 0 Å². The molecule has 6 nitrogen and oxygen atoms in total. The van der Waals surface area contributed by atoms with Gasteiger partial charge in [0.2, 0.25) is 11.8 Å². The van der Waals surface area contributed by atoms with Crippen molar-refractivity contribution < 1.29 is 14.4 Å². The Morgan fingerprint density at radius 3 is 2.44 bits per heavy atom. The summed E-state index contributed by atoms with van der Waals surface area (Å²) in [6.45, 7) is 7.18. The van der Waals surface area contributed by atoms with E-state index in [-0.39, 0.29) is 23.8 Å².